The molecule has 3 heterocycles. The van der Waals surface area contributed by atoms with Crippen LogP contribution in [0.5, 0.6) is 0 Å². The van der Waals surface area contributed by atoms with Crippen LogP contribution in [-0.4, -0.2) is 20.3 Å². The Morgan fingerprint density at radius 1 is 1.03 bits per heavy atom. The molecule has 0 fully saturated rings. The summed E-state index contributed by atoms with van der Waals surface area (Å²) >= 11 is 1.15. The Hall–Kier alpha value is -4.54. The van der Waals surface area contributed by atoms with Gasteiger partial charge in [0, 0.05) is 29.0 Å². The lowest BCUT2D eigenvalue weighted by Crippen LogP contribution is -2.32. The smallest absolute Gasteiger partial charge is 0.273 e. The lowest BCUT2D eigenvalue weighted by Gasteiger charge is -2.11. The first-order chi connectivity index (χ1) is 17.4. The molecule has 0 aliphatic carbocycles. The van der Waals surface area contributed by atoms with E-state index in [1.54, 1.807) is 30.6 Å². The van der Waals surface area contributed by atoms with Crippen LogP contribution in [0.15, 0.2) is 71.8 Å². The first-order valence-electron chi connectivity index (χ1n) is 11.4. The highest BCUT2D eigenvalue weighted by atomic mass is 32.1. The molecule has 2 aromatic carbocycles. The predicted molar refractivity (Wildman–Crippen MR) is 143 cm³/mol. The van der Waals surface area contributed by atoms with Gasteiger partial charge in [-0.25, -0.2) is 0 Å². The molecule has 0 bridgehead atoms. The maximum absolute atomic E-state index is 13.9. The minimum Gasteiger partial charge on any atom is -0.358 e. The lowest BCUT2D eigenvalue weighted by molar-refractivity contribution is 0.105. The molecule has 176 valence electrons. The number of hydrogen-bond donors (Lipinski definition) is 1. The first-order valence-corrected chi connectivity index (χ1v) is 12.2. The fourth-order valence-electron chi connectivity index (χ4n) is 4.51. The zero-order valence-corrected chi connectivity index (χ0v) is 20.8. The van der Waals surface area contributed by atoms with Gasteiger partial charge in [-0.05, 0) is 61.7 Å². The highest BCUT2D eigenvalue weighted by Crippen LogP contribution is 2.25. The third-order valence-corrected chi connectivity index (χ3v) is 7.26. The summed E-state index contributed by atoms with van der Waals surface area (Å²) in [4.78, 5) is 35.0. The minimum absolute atomic E-state index is 0.0676. The average molecular weight is 491 g/mol. The summed E-state index contributed by atoms with van der Waals surface area (Å²) in [6.07, 6.45) is 5.07. The van der Waals surface area contributed by atoms with Gasteiger partial charge in [0.15, 0.2) is 0 Å². The van der Waals surface area contributed by atoms with E-state index in [4.69, 9.17) is 0 Å². The number of pyridine rings is 1. The third-order valence-electron chi connectivity index (χ3n) is 6.16. The standard InChI is InChI=1S/C29H22N4O2S/c1-17-7-6-8-18(2)26(17)33-28(35)24(15-20-11-13-31-14-12-20)36-29(33)22(16-30)27(34)25-19(3)32-23-10-5-4-9-21(23)25/h4-15,32H,1-3H3. The second-order valence-electron chi connectivity index (χ2n) is 8.56. The van der Waals surface area contributed by atoms with Crippen molar-refractivity contribution in [3.05, 3.63) is 114 Å². The highest BCUT2D eigenvalue weighted by molar-refractivity contribution is 7.07. The zero-order valence-electron chi connectivity index (χ0n) is 20.0. The van der Waals surface area contributed by atoms with Crippen molar-refractivity contribution in [3.8, 4) is 11.8 Å². The van der Waals surface area contributed by atoms with Gasteiger partial charge in [-0.15, -0.1) is 11.3 Å². The van der Waals surface area contributed by atoms with E-state index in [-0.39, 0.29) is 11.1 Å². The van der Waals surface area contributed by atoms with E-state index < -0.39 is 5.78 Å². The Bertz CT molecular complexity index is 1850. The summed E-state index contributed by atoms with van der Waals surface area (Å²) in [6, 6.07) is 19.0. The molecule has 3 aromatic heterocycles. The van der Waals surface area contributed by atoms with Gasteiger partial charge in [-0.2, -0.15) is 5.26 Å². The summed E-state index contributed by atoms with van der Waals surface area (Å²) < 4.78 is 2.26. The lowest BCUT2D eigenvalue weighted by atomic mass is 10.0. The molecule has 0 spiro atoms. The molecule has 0 amide bonds. The number of Topliss-reactive ketones (excluding diaryl/α,β-unsaturated/α-hetero) is 1. The van der Waals surface area contributed by atoms with Gasteiger partial charge in [0.2, 0.25) is 5.78 Å². The number of para-hydroxylation sites is 2. The monoisotopic (exact) mass is 490 g/mol. The van der Waals surface area contributed by atoms with Crippen LogP contribution < -0.4 is 14.8 Å². The van der Waals surface area contributed by atoms with Gasteiger partial charge in [0.1, 0.15) is 16.3 Å². The molecule has 6 nitrogen and oxygen atoms in total. The quantitative estimate of drug-likeness (QED) is 0.384. The SMILES string of the molecule is Cc1cccc(C)c1-n1c(=C(C#N)C(=O)c2c(C)[nH]c3ccccc23)sc(=Cc2ccncc2)c1=O. The fourth-order valence-corrected chi connectivity index (χ4v) is 5.60. The number of aromatic amines is 1. The molecule has 0 aliphatic rings. The van der Waals surface area contributed by atoms with Crippen molar-refractivity contribution in [2.24, 2.45) is 0 Å². The Labute approximate surface area is 211 Å². The van der Waals surface area contributed by atoms with Crippen LogP contribution in [0.3, 0.4) is 0 Å². The molecule has 36 heavy (non-hydrogen) atoms. The van der Waals surface area contributed by atoms with Crippen LogP contribution in [0.4, 0.5) is 0 Å². The van der Waals surface area contributed by atoms with Crippen molar-refractivity contribution in [1.29, 1.82) is 5.26 Å². The van der Waals surface area contributed by atoms with Crippen molar-refractivity contribution >= 4 is 39.7 Å². The highest BCUT2D eigenvalue weighted by Gasteiger charge is 2.24. The first kappa shape index (κ1) is 23.2. The molecule has 0 atom stereocenters. The summed E-state index contributed by atoms with van der Waals surface area (Å²) in [5.41, 5.74) is 4.83. The minimum atomic E-state index is -0.413. The summed E-state index contributed by atoms with van der Waals surface area (Å²) in [7, 11) is 0. The Kier molecular flexibility index (Phi) is 5.96. The van der Waals surface area contributed by atoms with Crippen LogP contribution in [-0.2, 0) is 0 Å². The van der Waals surface area contributed by atoms with Crippen LogP contribution in [0.2, 0.25) is 0 Å². The number of aryl methyl sites for hydroxylation is 3. The van der Waals surface area contributed by atoms with Crippen molar-refractivity contribution in [2.45, 2.75) is 20.8 Å². The molecule has 0 radical (unpaired) electrons. The van der Waals surface area contributed by atoms with Crippen LogP contribution >= 0.6 is 11.3 Å². The number of carbonyl (C=O) groups is 1. The van der Waals surface area contributed by atoms with E-state index in [9.17, 15) is 14.9 Å². The molecular formula is C29H22N4O2S. The molecule has 0 aliphatic heterocycles. The average Bonchev–Trinajstić information content (AvgIpc) is 3.36. The Morgan fingerprint density at radius 3 is 2.42 bits per heavy atom. The molecule has 0 unspecified atom stereocenters. The summed E-state index contributed by atoms with van der Waals surface area (Å²) in [5.74, 6) is -0.413. The van der Waals surface area contributed by atoms with Crippen molar-refractivity contribution in [3.63, 3.8) is 0 Å². The van der Waals surface area contributed by atoms with Gasteiger partial charge in [-0.3, -0.25) is 19.1 Å². The molecular weight excluding hydrogens is 468 g/mol. The number of rotatable bonds is 4. The van der Waals surface area contributed by atoms with Crippen LogP contribution in [0.1, 0.15) is 32.7 Å². The van der Waals surface area contributed by atoms with Crippen molar-refractivity contribution < 1.29 is 4.79 Å². The van der Waals surface area contributed by atoms with E-state index in [2.05, 4.69) is 16.0 Å². The van der Waals surface area contributed by atoms with E-state index in [1.165, 1.54) is 4.57 Å². The number of carbonyl (C=O) groups excluding carboxylic acids is 1. The fraction of sp³-hybridized carbons (Fsp3) is 0.103. The number of nitrogens with one attached hydrogen (secondary N) is 1. The topological polar surface area (TPSA) is 91.5 Å². The number of thiazole rings is 1. The van der Waals surface area contributed by atoms with Crippen LogP contribution in [0.25, 0.3) is 28.2 Å². The van der Waals surface area contributed by atoms with E-state index in [1.807, 2.05) is 63.2 Å². The third kappa shape index (κ3) is 3.88. The number of fused-ring (bicyclic) bond motifs is 1. The second kappa shape index (κ2) is 9.25. The van der Waals surface area contributed by atoms with E-state index in [0.29, 0.717) is 26.1 Å². The van der Waals surface area contributed by atoms with Crippen molar-refractivity contribution in [1.82, 2.24) is 14.5 Å². The number of nitrogens with zero attached hydrogens (tertiary/aromatic N) is 3. The number of benzene rings is 2. The zero-order chi connectivity index (χ0) is 25.4. The van der Waals surface area contributed by atoms with Gasteiger partial charge in [-0.1, -0.05) is 36.4 Å². The molecule has 7 heteroatoms. The maximum Gasteiger partial charge on any atom is 0.273 e. The molecule has 1 N–H and O–H groups in total. The van der Waals surface area contributed by atoms with E-state index in [0.717, 1.165) is 38.9 Å². The van der Waals surface area contributed by atoms with E-state index >= 15 is 0 Å². The number of ketones is 1. The van der Waals surface area contributed by atoms with Gasteiger partial charge >= 0.3 is 0 Å². The summed E-state index contributed by atoms with van der Waals surface area (Å²) in [5, 5.41) is 11.0. The number of H-pyrrole nitrogens is 1. The van der Waals surface area contributed by atoms with Gasteiger partial charge in [0.25, 0.3) is 5.56 Å². The van der Waals surface area contributed by atoms with Gasteiger partial charge < -0.3 is 4.98 Å². The van der Waals surface area contributed by atoms with Crippen LogP contribution in [0, 0.1) is 32.1 Å². The largest absolute Gasteiger partial charge is 0.358 e. The maximum atomic E-state index is 13.9. The Morgan fingerprint density at radius 2 is 1.72 bits per heavy atom. The Balaban J connectivity index is 1.90. The normalized spacial score (nSPS) is 12.6. The number of aromatic nitrogens is 3. The molecule has 0 saturated heterocycles. The van der Waals surface area contributed by atoms with Gasteiger partial charge in [0.05, 0.1) is 15.8 Å². The summed E-state index contributed by atoms with van der Waals surface area (Å²) in [6.45, 7) is 5.65. The molecule has 5 aromatic rings. The number of hydrogen-bond acceptors (Lipinski definition) is 5. The second-order valence-corrected chi connectivity index (χ2v) is 9.59. The molecule has 0 saturated carbocycles. The van der Waals surface area contributed by atoms with Crippen molar-refractivity contribution in [2.75, 3.05) is 0 Å². The number of nitriles is 1. The predicted octanol–water partition coefficient (Wildman–Crippen LogP) is 4.09. The molecule has 5 rings (SSSR count).